The molecule has 2 atom stereocenters. The smallest absolute Gasteiger partial charge is 0.183 e. The van der Waals surface area contributed by atoms with Crippen molar-refractivity contribution in [2.24, 2.45) is 5.73 Å². The van der Waals surface area contributed by atoms with E-state index in [0.717, 1.165) is 38.1 Å². The first-order valence-corrected chi connectivity index (χ1v) is 8.28. The van der Waals surface area contributed by atoms with E-state index in [1.807, 2.05) is 0 Å². The number of pyridine rings is 1. The summed E-state index contributed by atoms with van der Waals surface area (Å²) in [4.78, 5) is 15.3. The molecule has 3 aromatic rings. The molecular formula is C17H18F2N6. The molecule has 0 spiro atoms. The van der Waals surface area contributed by atoms with E-state index in [-0.39, 0.29) is 17.9 Å². The van der Waals surface area contributed by atoms with E-state index < -0.39 is 11.6 Å². The summed E-state index contributed by atoms with van der Waals surface area (Å²) in [5, 5.41) is 3.69. The Labute approximate surface area is 142 Å². The van der Waals surface area contributed by atoms with Gasteiger partial charge in [0.2, 0.25) is 0 Å². The second-order valence-corrected chi connectivity index (χ2v) is 6.41. The molecule has 1 saturated carbocycles. The van der Waals surface area contributed by atoms with Gasteiger partial charge in [0.15, 0.2) is 17.5 Å². The van der Waals surface area contributed by atoms with Gasteiger partial charge in [-0.25, -0.2) is 23.7 Å². The second-order valence-electron chi connectivity index (χ2n) is 6.41. The lowest BCUT2D eigenvalue weighted by Crippen LogP contribution is -2.35. The Bertz CT molecular complexity index is 909. The quantitative estimate of drug-likeness (QED) is 0.679. The topological polar surface area (TPSA) is 92.5 Å². The Kier molecular flexibility index (Phi) is 4.04. The fourth-order valence-electron chi connectivity index (χ4n) is 3.31. The molecule has 0 amide bonds. The molecule has 3 aromatic heterocycles. The van der Waals surface area contributed by atoms with Gasteiger partial charge in [-0.3, -0.25) is 0 Å². The minimum absolute atomic E-state index is 0.0862. The van der Waals surface area contributed by atoms with Crippen molar-refractivity contribution >= 4 is 16.9 Å². The number of rotatable bonds is 3. The van der Waals surface area contributed by atoms with Crippen molar-refractivity contribution in [3.63, 3.8) is 0 Å². The third-order valence-electron chi connectivity index (χ3n) is 4.54. The fourth-order valence-corrected chi connectivity index (χ4v) is 3.31. The SMILES string of the molecule is NC1CCC[C@@H](Nc2nc(-c3c[nH]c4ncc(F)cc34)ncc2F)C1. The molecule has 1 fully saturated rings. The molecule has 3 heterocycles. The summed E-state index contributed by atoms with van der Waals surface area (Å²) in [6.45, 7) is 0. The molecule has 1 aliphatic carbocycles. The van der Waals surface area contributed by atoms with Gasteiger partial charge in [0.1, 0.15) is 11.5 Å². The van der Waals surface area contributed by atoms with Crippen molar-refractivity contribution in [1.82, 2.24) is 19.9 Å². The van der Waals surface area contributed by atoms with Crippen LogP contribution in [0.25, 0.3) is 22.4 Å². The molecule has 25 heavy (non-hydrogen) atoms. The Morgan fingerprint density at radius 3 is 2.92 bits per heavy atom. The van der Waals surface area contributed by atoms with E-state index in [4.69, 9.17) is 5.73 Å². The zero-order valence-electron chi connectivity index (χ0n) is 13.5. The number of fused-ring (bicyclic) bond motifs is 1. The number of nitrogens with one attached hydrogen (secondary N) is 2. The molecule has 6 nitrogen and oxygen atoms in total. The maximum atomic E-state index is 14.1. The van der Waals surface area contributed by atoms with Gasteiger partial charge in [0.25, 0.3) is 0 Å². The number of nitrogens with zero attached hydrogens (tertiary/aromatic N) is 3. The monoisotopic (exact) mass is 344 g/mol. The van der Waals surface area contributed by atoms with Gasteiger partial charge in [0.05, 0.1) is 12.4 Å². The minimum Gasteiger partial charge on any atom is -0.365 e. The van der Waals surface area contributed by atoms with Gasteiger partial charge in [0, 0.05) is 29.2 Å². The number of aromatic amines is 1. The van der Waals surface area contributed by atoms with Crippen LogP contribution in [0, 0.1) is 11.6 Å². The summed E-state index contributed by atoms with van der Waals surface area (Å²) in [6, 6.07) is 1.56. The predicted octanol–water partition coefficient (Wildman–Crippen LogP) is 2.98. The summed E-state index contributed by atoms with van der Waals surface area (Å²) in [6.07, 6.45) is 7.60. The summed E-state index contributed by atoms with van der Waals surface area (Å²) in [5.74, 6) is -0.525. The molecule has 4 N–H and O–H groups in total. The maximum Gasteiger partial charge on any atom is 0.183 e. The molecule has 0 aromatic carbocycles. The highest BCUT2D eigenvalue weighted by Gasteiger charge is 2.21. The van der Waals surface area contributed by atoms with E-state index in [2.05, 4.69) is 25.3 Å². The fraction of sp³-hybridized carbons (Fsp3) is 0.353. The molecule has 8 heteroatoms. The van der Waals surface area contributed by atoms with Crippen LogP contribution in [-0.4, -0.2) is 32.0 Å². The van der Waals surface area contributed by atoms with E-state index >= 15 is 0 Å². The molecule has 0 aliphatic heterocycles. The summed E-state index contributed by atoms with van der Waals surface area (Å²) in [5.41, 5.74) is 7.09. The first-order chi connectivity index (χ1) is 12.1. The largest absolute Gasteiger partial charge is 0.365 e. The molecule has 1 unspecified atom stereocenters. The molecule has 0 radical (unpaired) electrons. The number of nitrogens with two attached hydrogens (primary N) is 1. The lowest BCUT2D eigenvalue weighted by atomic mass is 9.92. The lowest BCUT2D eigenvalue weighted by molar-refractivity contribution is 0.407. The van der Waals surface area contributed by atoms with Crippen LogP contribution in [0.15, 0.2) is 24.7 Å². The number of anilines is 1. The van der Waals surface area contributed by atoms with Crippen LogP contribution >= 0.6 is 0 Å². The summed E-state index contributed by atoms with van der Waals surface area (Å²) >= 11 is 0. The van der Waals surface area contributed by atoms with Crippen LogP contribution in [0.1, 0.15) is 25.7 Å². The highest BCUT2D eigenvalue weighted by molar-refractivity contribution is 5.91. The minimum atomic E-state index is -0.521. The molecule has 130 valence electrons. The number of hydrogen-bond acceptors (Lipinski definition) is 5. The molecule has 0 saturated heterocycles. The average Bonchev–Trinajstić information content (AvgIpc) is 3.00. The standard InChI is InChI=1S/C17H18F2N6/c18-9-4-12-13(7-22-15(12)21-6-9)16-23-8-14(19)17(25-16)24-11-3-1-2-10(20)5-11/h4,6-8,10-11H,1-3,5,20H2,(H,21,22)(H,23,24,25)/t10?,11-/m1/s1. The van der Waals surface area contributed by atoms with E-state index in [1.54, 1.807) is 6.20 Å². The third-order valence-corrected chi connectivity index (χ3v) is 4.54. The van der Waals surface area contributed by atoms with E-state index in [9.17, 15) is 8.78 Å². The number of hydrogen-bond donors (Lipinski definition) is 3. The number of halogens is 2. The van der Waals surface area contributed by atoms with Crippen molar-refractivity contribution in [2.45, 2.75) is 37.8 Å². The molecule has 0 bridgehead atoms. The summed E-state index contributed by atoms with van der Waals surface area (Å²) in [7, 11) is 0. The van der Waals surface area contributed by atoms with E-state index in [1.165, 1.54) is 6.07 Å². The first-order valence-electron chi connectivity index (χ1n) is 8.28. The Morgan fingerprint density at radius 2 is 2.08 bits per heavy atom. The Morgan fingerprint density at radius 1 is 1.20 bits per heavy atom. The van der Waals surface area contributed by atoms with Crippen LogP contribution in [0.3, 0.4) is 0 Å². The van der Waals surface area contributed by atoms with Crippen molar-refractivity contribution < 1.29 is 8.78 Å². The lowest BCUT2D eigenvalue weighted by Gasteiger charge is -2.27. The predicted molar refractivity (Wildman–Crippen MR) is 90.9 cm³/mol. The normalized spacial score (nSPS) is 20.8. The van der Waals surface area contributed by atoms with Gasteiger partial charge < -0.3 is 16.0 Å². The van der Waals surface area contributed by atoms with Crippen molar-refractivity contribution in [1.29, 1.82) is 0 Å². The van der Waals surface area contributed by atoms with Gasteiger partial charge in [-0.15, -0.1) is 0 Å². The number of aromatic nitrogens is 4. The summed E-state index contributed by atoms with van der Waals surface area (Å²) < 4.78 is 27.6. The first kappa shape index (κ1) is 15.9. The van der Waals surface area contributed by atoms with Crippen LogP contribution in [-0.2, 0) is 0 Å². The molecular weight excluding hydrogens is 326 g/mol. The average molecular weight is 344 g/mol. The molecule has 4 rings (SSSR count). The van der Waals surface area contributed by atoms with Crippen LogP contribution in [0.4, 0.5) is 14.6 Å². The van der Waals surface area contributed by atoms with Gasteiger partial charge in [-0.05, 0) is 31.7 Å². The van der Waals surface area contributed by atoms with Gasteiger partial charge in [-0.1, -0.05) is 0 Å². The van der Waals surface area contributed by atoms with Gasteiger partial charge >= 0.3 is 0 Å². The highest BCUT2D eigenvalue weighted by atomic mass is 19.1. The Balaban J connectivity index is 1.67. The van der Waals surface area contributed by atoms with Crippen molar-refractivity contribution in [3.8, 4) is 11.4 Å². The van der Waals surface area contributed by atoms with Crippen LogP contribution < -0.4 is 11.1 Å². The highest BCUT2D eigenvalue weighted by Crippen LogP contribution is 2.28. The maximum absolute atomic E-state index is 14.1. The third kappa shape index (κ3) is 3.17. The second kappa shape index (κ2) is 6.36. The van der Waals surface area contributed by atoms with Crippen LogP contribution in [0.5, 0.6) is 0 Å². The van der Waals surface area contributed by atoms with Crippen molar-refractivity contribution in [3.05, 3.63) is 36.3 Å². The van der Waals surface area contributed by atoms with E-state index in [0.29, 0.717) is 22.4 Å². The molecule has 1 aliphatic rings. The van der Waals surface area contributed by atoms with Crippen LogP contribution in [0.2, 0.25) is 0 Å². The number of H-pyrrole nitrogens is 1. The zero-order chi connectivity index (χ0) is 17.4. The van der Waals surface area contributed by atoms with Gasteiger partial charge in [-0.2, -0.15) is 0 Å². The Hall–Kier alpha value is -2.61. The van der Waals surface area contributed by atoms with Crippen molar-refractivity contribution in [2.75, 3.05) is 5.32 Å². The zero-order valence-corrected chi connectivity index (χ0v) is 13.5.